The standard InChI is InChI=1S/C14H9NO.C13H6ClNO/c1-9-3-2-4-11-12-7-10(8-15)5-6-13(12)16-14(9)11;14-11-3-1-2-9-10-6-8(7-15)4-5-12(10)16-13(9)11/h2-7H,1H3;1-6H. The molecule has 0 saturated heterocycles. The highest BCUT2D eigenvalue weighted by atomic mass is 35.5. The van der Waals surface area contributed by atoms with Crippen LogP contribution in [0.3, 0.4) is 0 Å². The maximum absolute atomic E-state index is 8.88. The van der Waals surface area contributed by atoms with Gasteiger partial charge in [0.2, 0.25) is 0 Å². The van der Waals surface area contributed by atoms with Crippen molar-refractivity contribution in [1.29, 1.82) is 10.5 Å². The fourth-order valence-corrected chi connectivity index (χ4v) is 4.06. The Kier molecular flexibility index (Phi) is 4.79. The van der Waals surface area contributed by atoms with E-state index in [0.29, 0.717) is 21.7 Å². The molecule has 0 aliphatic heterocycles. The van der Waals surface area contributed by atoms with E-state index in [-0.39, 0.29) is 0 Å². The van der Waals surface area contributed by atoms with Gasteiger partial charge in [0.05, 0.1) is 28.3 Å². The third-order valence-electron chi connectivity index (χ3n) is 5.40. The summed E-state index contributed by atoms with van der Waals surface area (Å²) in [5.74, 6) is 0. The van der Waals surface area contributed by atoms with Crippen LogP contribution in [0.25, 0.3) is 43.9 Å². The number of aryl methyl sites for hydroxylation is 1. The lowest BCUT2D eigenvalue weighted by atomic mass is 10.1. The zero-order valence-electron chi connectivity index (χ0n) is 17.0. The van der Waals surface area contributed by atoms with Crippen molar-refractivity contribution in [3.05, 3.63) is 94.5 Å². The molecule has 6 aromatic rings. The van der Waals surface area contributed by atoms with Gasteiger partial charge in [-0.25, -0.2) is 0 Å². The van der Waals surface area contributed by atoms with E-state index in [1.165, 1.54) is 0 Å². The minimum Gasteiger partial charge on any atom is -0.456 e. The summed E-state index contributed by atoms with van der Waals surface area (Å²) in [6, 6.07) is 26.8. The van der Waals surface area contributed by atoms with E-state index in [0.717, 1.165) is 43.9 Å². The highest BCUT2D eigenvalue weighted by Gasteiger charge is 2.10. The van der Waals surface area contributed by atoms with Gasteiger partial charge in [-0.3, -0.25) is 0 Å². The molecule has 0 N–H and O–H groups in total. The predicted molar refractivity (Wildman–Crippen MR) is 127 cm³/mol. The number of furan rings is 2. The average Bonchev–Trinajstić information content (AvgIpc) is 3.39. The number of fused-ring (bicyclic) bond motifs is 6. The minimum atomic E-state index is 0.590. The number of benzene rings is 4. The van der Waals surface area contributed by atoms with Crippen LogP contribution >= 0.6 is 11.6 Å². The van der Waals surface area contributed by atoms with Crippen LogP contribution in [0.2, 0.25) is 5.02 Å². The third-order valence-corrected chi connectivity index (χ3v) is 5.70. The summed E-state index contributed by atoms with van der Waals surface area (Å²) in [6.07, 6.45) is 0. The molecule has 0 aliphatic rings. The van der Waals surface area contributed by atoms with Crippen molar-refractivity contribution in [1.82, 2.24) is 0 Å². The van der Waals surface area contributed by atoms with Gasteiger partial charge in [-0.15, -0.1) is 0 Å². The van der Waals surface area contributed by atoms with Crippen LogP contribution in [0.4, 0.5) is 0 Å². The van der Waals surface area contributed by atoms with Gasteiger partial charge in [-0.05, 0) is 55.0 Å². The molecule has 6 rings (SSSR count). The maximum atomic E-state index is 8.88. The Morgan fingerprint density at radius 1 is 0.656 bits per heavy atom. The van der Waals surface area contributed by atoms with E-state index in [9.17, 15) is 0 Å². The molecular formula is C27H15ClN2O2. The smallest absolute Gasteiger partial charge is 0.153 e. The molecule has 0 fully saturated rings. The molecule has 5 heteroatoms. The van der Waals surface area contributed by atoms with Crippen molar-refractivity contribution < 1.29 is 8.83 Å². The van der Waals surface area contributed by atoms with E-state index >= 15 is 0 Å². The molecule has 32 heavy (non-hydrogen) atoms. The highest BCUT2D eigenvalue weighted by Crippen LogP contribution is 2.33. The van der Waals surface area contributed by atoms with Gasteiger partial charge in [0.15, 0.2) is 5.58 Å². The average molecular weight is 435 g/mol. The Labute approximate surface area is 188 Å². The van der Waals surface area contributed by atoms with E-state index in [4.69, 9.17) is 31.0 Å². The quantitative estimate of drug-likeness (QED) is 0.243. The molecule has 0 radical (unpaired) electrons. The first-order chi connectivity index (χ1) is 15.6. The van der Waals surface area contributed by atoms with Crippen molar-refractivity contribution in [2.24, 2.45) is 0 Å². The summed E-state index contributed by atoms with van der Waals surface area (Å²) in [4.78, 5) is 0. The second-order valence-corrected chi connectivity index (χ2v) is 7.82. The molecule has 0 unspecified atom stereocenters. The number of hydrogen-bond acceptors (Lipinski definition) is 4. The Morgan fingerprint density at radius 3 is 1.78 bits per heavy atom. The largest absolute Gasteiger partial charge is 0.456 e. The summed E-state index contributed by atoms with van der Waals surface area (Å²) in [5.41, 5.74) is 5.58. The highest BCUT2D eigenvalue weighted by molar-refractivity contribution is 6.35. The Bertz CT molecular complexity index is 1600. The van der Waals surface area contributed by atoms with Crippen molar-refractivity contribution in [2.75, 3.05) is 0 Å². The lowest BCUT2D eigenvalue weighted by molar-refractivity contribution is 0.665. The third kappa shape index (κ3) is 3.24. The van der Waals surface area contributed by atoms with Crippen molar-refractivity contribution in [3.63, 3.8) is 0 Å². The van der Waals surface area contributed by atoms with E-state index in [2.05, 4.69) is 12.1 Å². The van der Waals surface area contributed by atoms with E-state index < -0.39 is 0 Å². The Hall–Kier alpha value is -4.25. The summed E-state index contributed by atoms with van der Waals surface area (Å²) in [7, 11) is 0. The van der Waals surface area contributed by atoms with Gasteiger partial charge in [-0.1, -0.05) is 41.9 Å². The topological polar surface area (TPSA) is 73.9 Å². The van der Waals surface area contributed by atoms with Gasteiger partial charge in [-0.2, -0.15) is 10.5 Å². The lowest BCUT2D eigenvalue weighted by Crippen LogP contribution is -1.73. The van der Waals surface area contributed by atoms with Crippen LogP contribution in [-0.4, -0.2) is 0 Å². The summed E-state index contributed by atoms with van der Waals surface area (Å²) >= 11 is 6.04. The minimum absolute atomic E-state index is 0.590. The number of hydrogen-bond donors (Lipinski definition) is 0. The normalized spacial score (nSPS) is 10.8. The molecule has 0 saturated carbocycles. The van der Waals surface area contributed by atoms with Crippen LogP contribution in [-0.2, 0) is 0 Å². The van der Waals surface area contributed by atoms with Gasteiger partial charge in [0.25, 0.3) is 0 Å². The second-order valence-electron chi connectivity index (χ2n) is 7.42. The van der Waals surface area contributed by atoms with E-state index in [1.807, 2.05) is 55.5 Å². The van der Waals surface area contributed by atoms with E-state index in [1.54, 1.807) is 24.3 Å². The number of nitriles is 2. The predicted octanol–water partition coefficient (Wildman–Crippen LogP) is 7.88. The van der Waals surface area contributed by atoms with Gasteiger partial charge in [0.1, 0.15) is 16.7 Å². The first-order valence-corrected chi connectivity index (χ1v) is 10.3. The number of halogens is 1. The molecule has 152 valence electrons. The summed E-state index contributed by atoms with van der Waals surface area (Å²) in [5, 5.41) is 22.3. The molecule has 0 aliphatic carbocycles. The van der Waals surface area contributed by atoms with Crippen molar-refractivity contribution in [2.45, 2.75) is 6.92 Å². The van der Waals surface area contributed by atoms with Gasteiger partial charge in [0, 0.05) is 21.5 Å². The Morgan fingerprint density at radius 2 is 1.19 bits per heavy atom. The first-order valence-electron chi connectivity index (χ1n) is 9.92. The molecule has 2 aromatic heterocycles. The van der Waals surface area contributed by atoms with Gasteiger partial charge < -0.3 is 8.83 Å². The van der Waals surface area contributed by atoms with Crippen molar-refractivity contribution in [3.8, 4) is 12.1 Å². The summed E-state index contributed by atoms with van der Waals surface area (Å²) < 4.78 is 11.4. The number of rotatable bonds is 0. The van der Waals surface area contributed by atoms with Crippen LogP contribution in [0.15, 0.2) is 81.6 Å². The van der Waals surface area contributed by atoms with Crippen LogP contribution in [0, 0.1) is 29.6 Å². The Balaban J connectivity index is 0.000000135. The van der Waals surface area contributed by atoms with Crippen LogP contribution in [0.1, 0.15) is 16.7 Å². The monoisotopic (exact) mass is 434 g/mol. The number of nitrogens with zero attached hydrogens (tertiary/aromatic N) is 2. The molecule has 4 aromatic carbocycles. The first kappa shape index (κ1) is 19.7. The number of para-hydroxylation sites is 2. The zero-order valence-corrected chi connectivity index (χ0v) is 17.8. The van der Waals surface area contributed by atoms with Crippen LogP contribution < -0.4 is 0 Å². The lowest BCUT2D eigenvalue weighted by Gasteiger charge is -1.92. The zero-order chi connectivity index (χ0) is 22.2. The molecule has 0 bridgehead atoms. The molecule has 0 spiro atoms. The summed E-state index contributed by atoms with van der Waals surface area (Å²) in [6.45, 7) is 2.02. The maximum Gasteiger partial charge on any atom is 0.153 e. The van der Waals surface area contributed by atoms with Gasteiger partial charge >= 0.3 is 0 Å². The fraction of sp³-hybridized carbons (Fsp3) is 0.0370. The van der Waals surface area contributed by atoms with Crippen molar-refractivity contribution >= 4 is 55.5 Å². The SMILES string of the molecule is Cc1cccc2c1oc1ccc(C#N)cc12.N#Cc1ccc2oc3c(Cl)cccc3c2c1. The fourth-order valence-electron chi connectivity index (χ4n) is 3.84. The molecular weight excluding hydrogens is 420 g/mol. The van der Waals surface area contributed by atoms with Crippen LogP contribution in [0.5, 0.6) is 0 Å². The second kappa shape index (κ2) is 7.78. The molecule has 0 amide bonds. The molecule has 4 nitrogen and oxygen atoms in total. The molecule has 2 heterocycles. The molecule has 0 atom stereocenters.